The molecule has 9 heteroatoms. The van der Waals surface area contributed by atoms with E-state index in [1.54, 1.807) is 4.90 Å². The van der Waals surface area contributed by atoms with Gasteiger partial charge in [0.15, 0.2) is 6.23 Å². The Labute approximate surface area is 211 Å². The van der Waals surface area contributed by atoms with Gasteiger partial charge in [-0.3, -0.25) is 19.8 Å². The number of hydrogen-bond acceptors (Lipinski definition) is 6. The van der Waals surface area contributed by atoms with Crippen LogP contribution in [0.2, 0.25) is 0 Å². The van der Waals surface area contributed by atoms with E-state index >= 15 is 0 Å². The number of hydroxylamine groups is 1. The molecule has 5 rings (SSSR count). The summed E-state index contributed by atoms with van der Waals surface area (Å²) < 4.78 is 0. The monoisotopic (exact) mass is 493 g/mol. The summed E-state index contributed by atoms with van der Waals surface area (Å²) >= 11 is 0. The number of likely N-dealkylation sites (tertiary alicyclic amines) is 2. The molecule has 9 nitrogen and oxygen atoms in total. The fourth-order valence-corrected chi connectivity index (χ4v) is 7.76. The van der Waals surface area contributed by atoms with Gasteiger partial charge in [0.2, 0.25) is 5.91 Å². The number of nitrogens with two attached hydrogens (primary N) is 2. The van der Waals surface area contributed by atoms with Gasteiger partial charge in [-0.25, -0.2) is 0 Å². The number of piperidine rings is 2. The quantitative estimate of drug-likeness (QED) is 0.294. The summed E-state index contributed by atoms with van der Waals surface area (Å²) in [5.74, 6) is 1.40. The standard InChI is InChI=1S/C26H49N7O2/c1-31(2)21-7-5-18(6-8-21)17-33-13-3-4-22(33)26-29-25(30-35-26)20-9-12-28-23(16-20)32-14-10-19(11-15-32)24(27)34/h18-23,25-26,28-30H,3-17H2,1-2H3,(H2,27,34)/p+2. The van der Waals surface area contributed by atoms with Crippen molar-refractivity contribution in [2.24, 2.45) is 23.5 Å². The van der Waals surface area contributed by atoms with Gasteiger partial charge in [0.25, 0.3) is 0 Å². The second-order valence-corrected chi connectivity index (χ2v) is 12.4. The molecule has 5 fully saturated rings. The van der Waals surface area contributed by atoms with E-state index in [-0.39, 0.29) is 24.2 Å². The summed E-state index contributed by atoms with van der Waals surface area (Å²) in [5.41, 5.74) is 8.96. The molecule has 0 radical (unpaired) electrons. The fraction of sp³-hybridized carbons (Fsp3) is 0.962. The van der Waals surface area contributed by atoms with Crippen molar-refractivity contribution in [3.63, 3.8) is 0 Å². The topological polar surface area (TPSA) is 104 Å². The van der Waals surface area contributed by atoms with Crippen LogP contribution < -0.4 is 26.7 Å². The number of amides is 1. The molecule has 6 atom stereocenters. The minimum atomic E-state index is -0.123. The van der Waals surface area contributed by atoms with Crippen molar-refractivity contribution < 1.29 is 19.8 Å². The Hall–Kier alpha value is -0.810. The minimum Gasteiger partial charge on any atom is -0.369 e. The largest absolute Gasteiger partial charge is 0.369 e. The number of carbonyl (C=O) groups is 1. The Bertz CT molecular complexity index is 693. The van der Waals surface area contributed by atoms with Gasteiger partial charge < -0.3 is 20.9 Å². The minimum absolute atomic E-state index is 0.0674. The Kier molecular flexibility index (Phi) is 8.64. The van der Waals surface area contributed by atoms with Gasteiger partial charge in [-0.15, -0.1) is 0 Å². The molecule has 7 N–H and O–H groups in total. The van der Waals surface area contributed by atoms with Crippen LogP contribution in [0.25, 0.3) is 0 Å². The number of hydrogen-bond donors (Lipinski definition) is 5. The molecule has 4 saturated heterocycles. The summed E-state index contributed by atoms with van der Waals surface area (Å²) in [7, 11) is 4.47. The lowest BCUT2D eigenvalue weighted by atomic mass is 9.85. The zero-order chi connectivity index (χ0) is 24.4. The third-order valence-corrected chi connectivity index (χ3v) is 10.1. The molecular formula is C26H51N7O2+2. The fourth-order valence-electron chi connectivity index (χ4n) is 7.76. The number of primary amides is 1. The average Bonchev–Trinajstić information content (AvgIpc) is 3.54. The first-order chi connectivity index (χ1) is 17.0. The predicted molar refractivity (Wildman–Crippen MR) is 135 cm³/mol. The molecule has 0 aromatic carbocycles. The van der Waals surface area contributed by atoms with E-state index in [2.05, 4.69) is 40.0 Å². The van der Waals surface area contributed by atoms with Gasteiger partial charge in [-0.1, -0.05) is 0 Å². The Balaban J connectivity index is 1.09. The number of nitrogens with zero attached hydrogens (tertiary/aromatic N) is 2. The third-order valence-electron chi connectivity index (χ3n) is 10.1. The second kappa shape index (κ2) is 11.7. The van der Waals surface area contributed by atoms with Gasteiger partial charge in [0.05, 0.1) is 25.8 Å². The molecular weight excluding hydrogens is 442 g/mol. The van der Waals surface area contributed by atoms with Gasteiger partial charge in [0.1, 0.15) is 12.2 Å². The maximum absolute atomic E-state index is 11.5. The van der Waals surface area contributed by atoms with E-state index in [1.807, 2.05) is 0 Å². The maximum atomic E-state index is 11.5. The number of nitrogens with one attached hydrogen (secondary N) is 3. The molecule has 35 heavy (non-hydrogen) atoms. The highest BCUT2D eigenvalue weighted by Crippen LogP contribution is 2.27. The number of carbonyl (C=O) groups excluding carboxylic acids is 1. The third kappa shape index (κ3) is 6.20. The van der Waals surface area contributed by atoms with Crippen molar-refractivity contribution in [1.82, 2.24) is 20.6 Å². The molecule has 0 spiro atoms. The molecule has 1 amide bonds. The Morgan fingerprint density at radius 3 is 2.60 bits per heavy atom. The second-order valence-electron chi connectivity index (χ2n) is 12.4. The Morgan fingerprint density at radius 1 is 1.11 bits per heavy atom. The summed E-state index contributed by atoms with van der Waals surface area (Å²) in [4.78, 5) is 24.5. The summed E-state index contributed by atoms with van der Waals surface area (Å²) in [6.07, 6.45) is 13.2. The smallest absolute Gasteiger partial charge is 0.220 e. The van der Waals surface area contributed by atoms with Crippen molar-refractivity contribution in [1.29, 1.82) is 0 Å². The molecule has 0 aromatic heterocycles. The van der Waals surface area contributed by atoms with Crippen molar-refractivity contribution in [3.05, 3.63) is 0 Å². The van der Waals surface area contributed by atoms with Gasteiger partial charge in [0, 0.05) is 62.6 Å². The average molecular weight is 494 g/mol. The zero-order valence-electron chi connectivity index (χ0n) is 22.1. The summed E-state index contributed by atoms with van der Waals surface area (Å²) in [6.45, 7) is 5.75. The number of quaternary nitrogens is 2. The molecule has 0 aromatic rings. The van der Waals surface area contributed by atoms with Crippen molar-refractivity contribution in [3.8, 4) is 0 Å². The van der Waals surface area contributed by atoms with Gasteiger partial charge >= 0.3 is 0 Å². The summed E-state index contributed by atoms with van der Waals surface area (Å²) in [6, 6.07) is 1.35. The van der Waals surface area contributed by atoms with Crippen LogP contribution in [0.5, 0.6) is 0 Å². The highest BCUT2D eigenvalue weighted by Gasteiger charge is 2.45. The highest BCUT2D eigenvalue weighted by atomic mass is 16.7. The zero-order valence-corrected chi connectivity index (χ0v) is 22.1. The molecule has 6 unspecified atom stereocenters. The van der Waals surface area contributed by atoms with Crippen LogP contribution in [0.3, 0.4) is 0 Å². The van der Waals surface area contributed by atoms with E-state index in [4.69, 9.17) is 10.6 Å². The molecule has 200 valence electrons. The Morgan fingerprint density at radius 2 is 1.89 bits per heavy atom. The van der Waals surface area contributed by atoms with Gasteiger partial charge in [-0.2, -0.15) is 5.48 Å². The van der Waals surface area contributed by atoms with Crippen molar-refractivity contribution in [2.45, 2.75) is 94.9 Å². The highest BCUT2D eigenvalue weighted by molar-refractivity contribution is 5.76. The lowest BCUT2D eigenvalue weighted by Crippen LogP contribution is -3.15. The van der Waals surface area contributed by atoms with Crippen molar-refractivity contribution in [2.75, 3.05) is 46.8 Å². The maximum Gasteiger partial charge on any atom is 0.220 e. The predicted octanol–water partition coefficient (Wildman–Crippen LogP) is -1.57. The molecule has 4 aliphatic heterocycles. The van der Waals surface area contributed by atoms with Crippen LogP contribution in [0.1, 0.15) is 64.2 Å². The van der Waals surface area contributed by atoms with Crippen LogP contribution in [0.15, 0.2) is 0 Å². The molecule has 1 saturated carbocycles. The van der Waals surface area contributed by atoms with E-state index < -0.39 is 0 Å². The van der Waals surface area contributed by atoms with Gasteiger partial charge in [-0.05, 0) is 52.6 Å². The molecule has 0 bridgehead atoms. The number of rotatable bonds is 7. The van der Waals surface area contributed by atoms with Crippen LogP contribution in [-0.4, -0.2) is 93.2 Å². The van der Waals surface area contributed by atoms with Crippen LogP contribution in [0.4, 0.5) is 0 Å². The first-order valence-electron chi connectivity index (χ1n) is 14.5. The van der Waals surface area contributed by atoms with Crippen LogP contribution in [-0.2, 0) is 9.63 Å². The molecule has 4 heterocycles. The van der Waals surface area contributed by atoms with E-state index in [0.717, 1.165) is 44.4 Å². The van der Waals surface area contributed by atoms with Crippen molar-refractivity contribution >= 4 is 5.91 Å². The van der Waals surface area contributed by atoms with Crippen LogP contribution >= 0.6 is 0 Å². The summed E-state index contributed by atoms with van der Waals surface area (Å²) in [5, 5.41) is 6.39. The van der Waals surface area contributed by atoms with E-state index in [9.17, 15) is 4.79 Å². The first-order valence-corrected chi connectivity index (χ1v) is 14.5. The van der Waals surface area contributed by atoms with Crippen LogP contribution in [0, 0.1) is 17.8 Å². The lowest BCUT2D eigenvalue weighted by Gasteiger charge is -2.39. The normalized spacial score (nSPS) is 42.0. The SMILES string of the molecule is CN(C)C1CCC(C[NH+]2CCCC2C2NC(C3CC[NH2+]C(N4CCC(C(N)=O)CC4)C3)NO2)CC1. The molecule has 1 aliphatic carbocycles. The lowest BCUT2D eigenvalue weighted by molar-refractivity contribution is -0.919. The first kappa shape index (κ1) is 25.8. The van der Waals surface area contributed by atoms with E-state index in [0.29, 0.717) is 18.1 Å². The van der Waals surface area contributed by atoms with E-state index in [1.165, 1.54) is 64.5 Å². The molecule has 5 aliphatic rings.